The maximum Gasteiger partial charge on any atom is 0.305 e. The number of nitrogens with two attached hydrogens (primary N) is 1. The molecule has 0 amide bonds. The lowest BCUT2D eigenvalue weighted by molar-refractivity contribution is -0.137. The molecule has 1 aromatic heterocycles. The average Bonchev–Trinajstić information content (AvgIpc) is 2.74. The van der Waals surface area contributed by atoms with Crippen LogP contribution in [0.2, 0.25) is 0 Å². The fraction of sp³-hybridized carbons (Fsp3) is 0.385. The first-order chi connectivity index (χ1) is 8.63. The normalized spacial score (nSPS) is 12.8. The van der Waals surface area contributed by atoms with Crippen LogP contribution >= 0.6 is 0 Å². The number of benzene rings is 1. The van der Waals surface area contributed by atoms with E-state index in [1.165, 1.54) is 0 Å². The van der Waals surface area contributed by atoms with Crippen molar-refractivity contribution in [2.45, 2.75) is 32.4 Å². The number of rotatable bonds is 5. The number of carboxylic acids is 1. The Morgan fingerprint density at radius 2 is 2.22 bits per heavy atom. The van der Waals surface area contributed by atoms with E-state index in [2.05, 4.69) is 4.98 Å². The fourth-order valence-corrected chi connectivity index (χ4v) is 2.00. The van der Waals surface area contributed by atoms with Crippen molar-refractivity contribution in [3.05, 3.63) is 30.1 Å². The fourth-order valence-electron chi connectivity index (χ4n) is 2.00. The molecule has 1 atom stereocenters. The molecule has 0 saturated carbocycles. The Bertz CT molecular complexity index is 562. The van der Waals surface area contributed by atoms with Crippen LogP contribution in [-0.2, 0) is 11.3 Å². The lowest BCUT2D eigenvalue weighted by Gasteiger charge is -2.12. The molecule has 5 heteroatoms. The molecule has 2 aromatic rings. The van der Waals surface area contributed by atoms with E-state index in [1.54, 1.807) is 0 Å². The van der Waals surface area contributed by atoms with Gasteiger partial charge in [0.05, 0.1) is 23.5 Å². The Hall–Kier alpha value is -1.88. The van der Waals surface area contributed by atoms with Gasteiger partial charge in [0, 0.05) is 6.54 Å². The van der Waals surface area contributed by atoms with Crippen LogP contribution in [0.1, 0.15) is 31.6 Å². The lowest BCUT2D eigenvalue weighted by Crippen LogP contribution is -2.17. The number of carboxylic acid groups (broad SMARTS) is 1. The van der Waals surface area contributed by atoms with E-state index in [9.17, 15) is 4.79 Å². The summed E-state index contributed by atoms with van der Waals surface area (Å²) in [4.78, 5) is 15.2. The predicted octanol–water partition coefficient (Wildman–Crippen LogP) is 1.92. The summed E-state index contributed by atoms with van der Waals surface area (Å²) in [5.41, 5.74) is 7.84. The van der Waals surface area contributed by atoms with Crippen molar-refractivity contribution >= 4 is 17.0 Å². The van der Waals surface area contributed by atoms with Gasteiger partial charge in [0.1, 0.15) is 5.82 Å². The molecule has 5 nitrogen and oxygen atoms in total. The maximum absolute atomic E-state index is 10.7. The molecule has 0 bridgehead atoms. The first kappa shape index (κ1) is 12.6. The summed E-state index contributed by atoms with van der Waals surface area (Å²) in [7, 11) is 0. The van der Waals surface area contributed by atoms with Gasteiger partial charge in [-0.1, -0.05) is 19.1 Å². The zero-order chi connectivity index (χ0) is 13.1. The summed E-state index contributed by atoms with van der Waals surface area (Å²) in [6.45, 7) is 2.39. The van der Waals surface area contributed by atoms with Gasteiger partial charge in [0.15, 0.2) is 0 Å². The van der Waals surface area contributed by atoms with Crippen molar-refractivity contribution in [3.8, 4) is 0 Å². The molecule has 2 rings (SSSR count). The second kappa shape index (κ2) is 5.18. The van der Waals surface area contributed by atoms with E-state index in [1.807, 2.05) is 35.8 Å². The number of hydrogen-bond donors (Lipinski definition) is 2. The second-order valence-electron chi connectivity index (χ2n) is 4.27. The molecule has 1 unspecified atom stereocenters. The number of fused-ring (bicyclic) bond motifs is 1. The van der Waals surface area contributed by atoms with Crippen LogP contribution in [-0.4, -0.2) is 20.6 Å². The smallest absolute Gasteiger partial charge is 0.305 e. The summed E-state index contributed by atoms with van der Waals surface area (Å²) in [6.07, 6.45) is 0.847. The molecule has 0 saturated heterocycles. The van der Waals surface area contributed by atoms with Gasteiger partial charge in [-0.05, 0) is 18.6 Å². The highest BCUT2D eigenvalue weighted by atomic mass is 16.4. The number of aryl methyl sites for hydroxylation is 1. The van der Waals surface area contributed by atoms with Crippen LogP contribution in [0.4, 0.5) is 0 Å². The number of aliphatic carboxylic acids is 1. The van der Waals surface area contributed by atoms with Crippen LogP contribution in [0.25, 0.3) is 11.0 Å². The Morgan fingerprint density at radius 1 is 1.50 bits per heavy atom. The Kier molecular flexibility index (Phi) is 3.62. The monoisotopic (exact) mass is 247 g/mol. The van der Waals surface area contributed by atoms with Crippen LogP contribution in [0.15, 0.2) is 24.3 Å². The quantitative estimate of drug-likeness (QED) is 0.845. The number of carbonyl (C=O) groups is 1. The summed E-state index contributed by atoms with van der Waals surface area (Å²) in [5, 5.41) is 8.81. The van der Waals surface area contributed by atoms with Crippen molar-refractivity contribution < 1.29 is 9.90 Å². The molecular weight excluding hydrogens is 230 g/mol. The van der Waals surface area contributed by atoms with E-state index in [-0.39, 0.29) is 12.5 Å². The van der Waals surface area contributed by atoms with Gasteiger partial charge in [0.2, 0.25) is 0 Å². The molecule has 0 spiro atoms. The highest BCUT2D eigenvalue weighted by Crippen LogP contribution is 2.21. The van der Waals surface area contributed by atoms with E-state index < -0.39 is 5.97 Å². The molecular formula is C13H17N3O2. The average molecular weight is 247 g/mol. The maximum atomic E-state index is 10.7. The first-order valence-electron chi connectivity index (χ1n) is 6.06. The first-order valence-corrected chi connectivity index (χ1v) is 6.06. The van der Waals surface area contributed by atoms with E-state index >= 15 is 0 Å². The second-order valence-corrected chi connectivity index (χ2v) is 4.27. The third-order valence-electron chi connectivity index (χ3n) is 3.00. The van der Waals surface area contributed by atoms with Gasteiger partial charge < -0.3 is 15.4 Å². The molecule has 1 heterocycles. The van der Waals surface area contributed by atoms with Crippen LogP contribution in [0.5, 0.6) is 0 Å². The molecule has 96 valence electrons. The Morgan fingerprint density at radius 3 is 2.89 bits per heavy atom. The summed E-state index contributed by atoms with van der Waals surface area (Å²) < 4.78 is 1.91. The van der Waals surface area contributed by atoms with E-state index in [0.29, 0.717) is 6.54 Å². The highest BCUT2D eigenvalue weighted by Gasteiger charge is 2.15. The molecule has 0 aliphatic heterocycles. The summed E-state index contributed by atoms with van der Waals surface area (Å²) in [5.74, 6) is -0.0521. The standard InChI is InChI=1S/C13H17N3O2/c1-2-9(14)13-15-10-5-3-4-6-11(10)16(13)8-7-12(17)18/h3-6,9H,2,7-8,14H2,1H3,(H,17,18). The van der Waals surface area contributed by atoms with Gasteiger partial charge in [-0.15, -0.1) is 0 Å². The zero-order valence-electron chi connectivity index (χ0n) is 10.3. The Balaban J connectivity index is 2.47. The van der Waals surface area contributed by atoms with Gasteiger partial charge in [-0.3, -0.25) is 4.79 Å². The minimum Gasteiger partial charge on any atom is -0.481 e. The Labute approximate surface area is 105 Å². The van der Waals surface area contributed by atoms with Gasteiger partial charge in [-0.25, -0.2) is 4.98 Å². The van der Waals surface area contributed by atoms with Crippen LogP contribution < -0.4 is 5.73 Å². The minimum atomic E-state index is -0.816. The van der Waals surface area contributed by atoms with Gasteiger partial charge in [-0.2, -0.15) is 0 Å². The molecule has 0 radical (unpaired) electrons. The summed E-state index contributed by atoms with van der Waals surface area (Å²) in [6, 6.07) is 7.53. The largest absolute Gasteiger partial charge is 0.481 e. The van der Waals surface area contributed by atoms with Crippen molar-refractivity contribution in [1.82, 2.24) is 9.55 Å². The molecule has 3 N–H and O–H groups in total. The molecule has 0 aliphatic carbocycles. The minimum absolute atomic E-state index is 0.0732. The predicted molar refractivity (Wildman–Crippen MR) is 69.2 cm³/mol. The van der Waals surface area contributed by atoms with E-state index in [4.69, 9.17) is 10.8 Å². The van der Waals surface area contributed by atoms with Gasteiger partial charge in [0.25, 0.3) is 0 Å². The highest BCUT2D eigenvalue weighted by molar-refractivity contribution is 5.76. The number of para-hydroxylation sites is 2. The number of nitrogens with zero attached hydrogens (tertiary/aromatic N) is 2. The van der Waals surface area contributed by atoms with E-state index in [0.717, 1.165) is 23.3 Å². The molecule has 0 fully saturated rings. The topological polar surface area (TPSA) is 81.1 Å². The number of imidazole rings is 1. The van der Waals surface area contributed by atoms with Crippen LogP contribution in [0.3, 0.4) is 0 Å². The van der Waals surface area contributed by atoms with Crippen molar-refractivity contribution in [2.75, 3.05) is 0 Å². The van der Waals surface area contributed by atoms with Crippen LogP contribution in [0, 0.1) is 0 Å². The lowest BCUT2D eigenvalue weighted by atomic mass is 10.2. The third-order valence-corrected chi connectivity index (χ3v) is 3.00. The zero-order valence-corrected chi connectivity index (χ0v) is 10.3. The third kappa shape index (κ3) is 2.36. The summed E-state index contributed by atoms with van der Waals surface area (Å²) >= 11 is 0. The van der Waals surface area contributed by atoms with Crippen molar-refractivity contribution in [2.24, 2.45) is 5.73 Å². The number of hydrogen-bond acceptors (Lipinski definition) is 3. The van der Waals surface area contributed by atoms with Gasteiger partial charge >= 0.3 is 5.97 Å². The van der Waals surface area contributed by atoms with Crippen molar-refractivity contribution in [1.29, 1.82) is 0 Å². The molecule has 18 heavy (non-hydrogen) atoms. The SMILES string of the molecule is CCC(N)c1nc2ccccc2n1CCC(=O)O. The molecule has 1 aromatic carbocycles. The molecule has 0 aliphatic rings. The number of aromatic nitrogens is 2. The van der Waals surface area contributed by atoms with Crippen molar-refractivity contribution in [3.63, 3.8) is 0 Å².